The van der Waals surface area contributed by atoms with Gasteiger partial charge in [0.25, 0.3) is 0 Å². The lowest BCUT2D eigenvalue weighted by Crippen LogP contribution is -2.44. The summed E-state index contributed by atoms with van der Waals surface area (Å²) in [6, 6.07) is 16.3. The van der Waals surface area contributed by atoms with E-state index in [1.807, 2.05) is 26.0 Å². The molecule has 0 spiro atoms. The highest BCUT2D eigenvalue weighted by molar-refractivity contribution is 5.85. The minimum absolute atomic E-state index is 0. The molecule has 0 aromatic heterocycles. The lowest BCUT2D eigenvalue weighted by atomic mass is 9.97. The van der Waals surface area contributed by atoms with Crippen molar-refractivity contribution in [1.82, 2.24) is 10.2 Å². The van der Waals surface area contributed by atoms with Gasteiger partial charge in [0.15, 0.2) is 0 Å². The molecule has 5 heteroatoms. The number of halogens is 1. The van der Waals surface area contributed by atoms with Crippen LogP contribution in [0.4, 0.5) is 0 Å². The van der Waals surface area contributed by atoms with Crippen LogP contribution in [0.5, 0.6) is 0 Å². The lowest BCUT2D eigenvalue weighted by Gasteiger charge is -2.18. The molecule has 4 nitrogen and oxygen atoms in total. The summed E-state index contributed by atoms with van der Waals surface area (Å²) < 4.78 is 0. The van der Waals surface area contributed by atoms with Gasteiger partial charge in [0.1, 0.15) is 0 Å². The largest absolute Gasteiger partial charge is 0.351 e. The van der Waals surface area contributed by atoms with E-state index in [0.29, 0.717) is 6.54 Å². The second kappa shape index (κ2) is 11.1. The van der Waals surface area contributed by atoms with Crippen LogP contribution >= 0.6 is 12.4 Å². The highest BCUT2D eigenvalue weighted by atomic mass is 35.5. The molecule has 2 rings (SSSR count). The third-order valence-corrected chi connectivity index (χ3v) is 4.79. The Labute approximate surface area is 169 Å². The first-order valence-corrected chi connectivity index (χ1v) is 9.27. The molecule has 0 aliphatic heterocycles. The van der Waals surface area contributed by atoms with E-state index in [4.69, 9.17) is 5.73 Å². The maximum atomic E-state index is 12.3. The maximum absolute atomic E-state index is 12.3. The summed E-state index contributed by atoms with van der Waals surface area (Å²) in [5.74, 6) is 0.0879. The van der Waals surface area contributed by atoms with Gasteiger partial charge in [-0.2, -0.15) is 0 Å². The smallest absolute Gasteiger partial charge is 0.237 e. The fourth-order valence-corrected chi connectivity index (χ4v) is 2.92. The molecule has 0 aliphatic carbocycles. The molecular formula is C22H32ClN3O. The van der Waals surface area contributed by atoms with Gasteiger partial charge in [-0.25, -0.2) is 0 Å². The maximum Gasteiger partial charge on any atom is 0.237 e. The zero-order valence-electron chi connectivity index (χ0n) is 16.7. The second-order valence-corrected chi connectivity index (χ2v) is 7.22. The Morgan fingerprint density at radius 1 is 1.11 bits per heavy atom. The number of hydrogen-bond donors (Lipinski definition) is 2. The number of benzene rings is 2. The number of carbonyl (C=O) groups is 1. The van der Waals surface area contributed by atoms with Crippen LogP contribution in [0.15, 0.2) is 48.5 Å². The fourth-order valence-electron chi connectivity index (χ4n) is 2.92. The Balaban J connectivity index is 0.00000364. The zero-order chi connectivity index (χ0) is 19.1. The summed E-state index contributed by atoms with van der Waals surface area (Å²) in [7, 11) is 4.13. The third-order valence-electron chi connectivity index (χ3n) is 4.79. The van der Waals surface area contributed by atoms with Crippen molar-refractivity contribution in [2.45, 2.75) is 39.4 Å². The Kier molecular flexibility index (Phi) is 9.50. The van der Waals surface area contributed by atoms with Crippen LogP contribution in [0.1, 0.15) is 31.4 Å². The standard InChI is InChI=1S/C22H31N3O.ClH/c1-5-16(2)21(23)22(26)24-14-19-8-6-7-9-20(19)18-12-10-17(11-13-18)15-25(3)4;/h6-13,16,21H,5,14-15,23H2,1-4H3,(H,24,26);1H. The van der Waals surface area contributed by atoms with Crippen LogP contribution in [0, 0.1) is 5.92 Å². The van der Waals surface area contributed by atoms with Crippen LogP contribution in [0.2, 0.25) is 0 Å². The zero-order valence-corrected chi connectivity index (χ0v) is 17.6. The summed E-state index contributed by atoms with van der Waals surface area (Å²) in [6.45, 7) is 5.46. The first-order valence-electron chi connectivity index (χ1n) is 9.27. The first-order chi connectivity index (χ1) is 12.4. The molecule has 0 fully saturated rings. The summed E-state index contributed by atoms with van der Waals surface area (Å²) in [5.41, 5.74) is 10.7. The van der Waals surface area contributed by atoms with Gasteiger partial charge in [0, 0.05) is 13.1 Å². The lowest BCUT2D eigenvalue weighted by molar-refractivity contribution is -0.123. The summed E-state index contributed by atoms with van der Waals surface area (Å²) in [4.78, 5) is 14.4. The van der Waals surface area contributed by atoms with E-state index in [-0.39, 0.29) is 24.2 Å². The first kappa shape index (κ1) is 23.2. The van der Waals surface area contributed by atoms with Crippen molar-refractivity contribution in [3.8, 4) is 11.1 Å². The highest BCUT2D eigenvalue weighted by Gasteiger charge is 2.19. The average molecular weight is 390 g/mol. The number of nitrogens with two attached hydrogens (primary N) is 1. The Hall–Kier alpha value is -1.88. The predicted molar refractivity (Wildman–Crippen MR) is 116 cm³/mol. The van der Waals surface area contributed by atoms with Crippen LogP contribution in [0.3, 0.4) is 0 Å². The molecule has 0 heterocycles. The summed E-state index contributed by atoms with van der Waals surface area (Å²) in [6.07, 6.45) is 0.893. The molecule has 2 atom stereocenters. The molecule has 0 saturated heterocycles. The van der Waals surface area contributed by atoms with Crippen LogP contribution < -0.4 is 11.1 Å². The normalized spacial score (nSPS) is 13.0. The number of carbonyl (C=O) groups excluding carboxylic acids is 1. The van der Waals surface area contributed by atoms with Gasteiger partial charge >= 0.3 is 0 Å². The van der Waals surface area contributed by atoms with Gasteiger partial charge in [-0.15, -0.1) is 12.4 Å². The topological polar surface area (TPSA) is 58.4 Å². The molecule has 1 amide bonds. The monoisotopic (exact) mass is 389 g/mol. The van der Waals surface area contributed by atoms with E-state index in [9.17, 15) is 4.79 Å². The molecule has 27 heavy (non-hydrogen) atoms. The molecule has 0 aliphatic rings. The Morgan fingerprint density at radius 3 is 2.33 bits per heavy atom. The van der Waals surface area contributed by atoms with Gasteiger partial charge in [-0.1, -0.05) is 68.8 Å². The number of rotatable bonds is 8. The van der Waals surface area contributed by atoms with E-state index in [1.54, 1.807) is 0 Å². The van der Waals surface area contributed by atoms with Crippen LogP contribution in [-0.2, 0) is 17.9 Å². The SMILES string of the molecule is CCC(C)C(N)C(=O)NCc1ccccc1-c1ccc(CN(C)C)cc1.Cl. The molecule has 0 radical (unpaired) electrons. The van der Waals surface area contributed by atoms with Crippen molar-refractivity contribution >= 4 is 18.3 Å². The van der Waals surface area contributed by atoms with Crippen molar-refractivity contribution in [1.29, 1.82) is 0 Å². The molecule has 0 bridgehead atoms. The molecule has 2 unspecified atom stereocenters. The number of amides is 1. The van der Waals surface area contributed by atoms with Crippen molar-refractivity contribution in [3.63, 3.8) is 0 Å². The van der Waals surface area contributed by atoms with E-state index in [0.717, 1.165) is 29.7 Å². The molecule has 0 saturated carbocycles. The Bertz CT molecular complexity index is 716. The minimum atomic E-state index is -0.461. The second-order valence-electron chi connectivity index (χ2n) is 7.22. The quantitative estimate of drug-likeness (QED) is 0.721. The molecule has 3 N–H and O–H groups in total. The van der Waals surface area contributed by atoms with Gasteiger partial charge < -0.3 is 16.0 Å². The molecule has 2 aromatic rings. The van der Waals surface area contributed by atoms with Crippen molar-refractivity contribution < 1.29 is 4.79 Å². The van der Waals surface area contributed by atoms with E-state index >= 15 is 0 Å². The van der Waals surface area contributed by atoms with Crippen molar-refractivity contribution in [3.05, 3.63) is 59.7 Å². The summed E-state index contributed by atoms with van der Waals surface area (Å²) >= 11 is 0. The summed E-state index contributed by atoms with van der Waals surface area (Å²) in [5, 5.41) is 2.99. The van der Waals surface area contributed by atoms with Gasteiger partial charge in [0.2, 0.25) is 5.91 Å². The fraction of sp³-hybridized carbons (Fsp3) is 0.409. The predicted octanol–water partition coefficient (Wildman–Crippen LogP) is 3.83. The van der Waals surface area contributed by atoms with Crippen LogP contribution in [0.25, 0.3) is 11.1 Å². The number of hydrogen-bond acceptors (Lipinski definition) is 3. The molecule has 2 aromatic carbocycles. The van der Waals surface area contributed by atoms with E-state index in [2.05, 4.69) is 60.7 Å². The van der Waals surface area contributed by atoms with Crippen LogP contribution in [-0.4, -0.2) is 30.9 Å². The Morgan fingerprint density at radius 2 is 1.74 bits per heavy atom. The van der Waals surface area contributed by atoms with Crippen molar-refractivity contribution in [2.24, 2.45) is 11.7 Å². The third kappa shape index (κ3) is 6.65. The van der Waals surface area contributed by atoms with Gasteiger partial charge in [-0.05, 0) is 42.3 Å². The minimum Gasteiger partial charge on any atom is -0.351 e. The number of nitrogens with zero attached hydrogens (tertiary/aromatic N) is 1. The van der Waals surface area contributed by atoms with E-state index in [1.165, 1.54) is 5.56 Å². The van der Waals surface area contributed by atoms with Crippen molar-refractivity contribution in [2.75, 3.05) is 14.1 Å². The highest BCUT2D eigenvalue weighted by Crippen LogP contribution is 2.24. The molecule has 148 valence electrons. The molecular weight excluding hydrogens is 358 g/mol. The number of nitrogens with one attached hydrogen (secondary N) is 1. The average Bonchev–Trinajstić information content (AvgIpc) is 2.65. The van der Waals surface area contributed by atoms with Gasteiger partial charge in [0.05, 0.1) is 6.04 Å². The van der Waals surface area contributed by atoms with E-state index < -0.39 is 6.04 Å². The van der Waals surface area contributed by atoms with Gasteiger partial charge in [-0.3, -0.25) is 4.79 Å².